The topological polar surface area (TPSA) is 45.7 Å². The molecule has 9 heteroatoms. The van der Waals surface area contributed by atoms with Gasteiger partial charge in [0.05, 0.1) is 17.3 Å². The van der Waals surface area contributed by atoms with Gasteiger partial charge in [-0.25, -0.2) is 9.37 Å². The largest absolute Gasteiger partial charge is 0.497 e. The van der Waals surface area contributed by atoms with Crippen LogP contribution in [0, 0.1) is 5.82 Å². The number of methoxy groups -OCH3 is 1. The molecular weight excluding hydrogens is 445 g/mol. The van der Waals surface area contributed by atoms with Crippen molar-refractivity contribution in [1.82, 2.24) is 9.88 Å². The van der Waals surface area contributed by atoms with Gasteiger partial charge in [0.2, 0.25) is 5.91 Å². The summed E-state index contributed by atoms with van der Waals surface area (Å²) in [4.78, 5) is 22.4. The van der Waals surface area contributed by atoms with E-state index in [9.17, 15) is 9.18 Å². The van der Waals surface area contributed by atoms with Crippen molar-refractivity contribution in [2.45, 2.75) is 11.3 Å². The number of carbonyl (C=O) groups excluding carboxylic acids is 1. The van der Waals surface area contributed by atoms with Gasteiger partial charge in [0.15, 0.2) is 5.13 Å². The lowest BCUT2D eigenvalue weighted by molar-refractivity contribution is -0.118. The first-order valence-electron chi connectivity index (χ1n) is 9.24. The summed E-state index contributed by atoms with van der Waals surface area (Å²) in [7, 11) is 5.60. The molecule has 1 amide bonds. The number of ether oxygens (including phenoxy) is 1. The molecule has 0 bridgehead atoms. The summed E-state index contributed by atoms with van der Waals surface area (Å²) < 4.78 is 19.3. The average molecular weight is 470 g/mol. The van der Waals surface area contributed by atoms with E-state index in [1.165, 1.54) is 23.5 Å². The van der Waals surface area contributed by atoms with Crippen molar-refractivity contribution in [3.05, 3.63) is 48.3 Å². The van der Waals surface area contributed by atoms with Gasteiger partial charge in [0.1, 0.15) is 11.6 Å². The zero-order valence-electron chi connectivity index (χ0n) is 17.1. The molecule has 0 unspecified atom stereocenters. The minimum absolute atomic E-state index is 0. The van der Waals surface area contributed by atoms with Crippen molar-refractivity contribution in [3.63, 3.8) is 0 Å². The van der Waals surface area contributed by atoms with Gasteiger partial charge in [-0.1, -0.05) is 11.3 Å². The Hall–Kier alpha value is -1.87. The Labute approximate surface area is 190 Å². The highest BCUT2D eigenvalue weighted by Crippen LogP contribution is 2.32. The van der Waals surface area contributed by atoms with E-state index in [1.54, 1.807) is 35.9 Å². The normalized spacial score (nSPS) is 10.8. The number of halogens is 2. The van der Waals surface area contributed by atoms with E-state index in [0.29, 0.717) is 23.8 Å². The minimum Gasteiger partial charge on any atom is -0.497 e. The number of thioether (sulfide) groups is 1. The Morgan fingerprint density at radius 2 is 1.90 bits per heavy atom. The standard InChI is InChI=1S/C21H24FN3O2S2.ClH/c1-24(2)11-12-25(20(26)10-13-28-17-7-4-15(22)5-8-17)21-23-18-9-6-16(27-3)14-19(18)29-21;/h4-9,14H,10-13H2,1-3H3;1H. The Morgan fingerprint density at radius 1 is 1.17 bits per heavy atom. The van der Waals surface area contributed by atoms with Crippen LogP contribution in [-0.2, 0) is 4.79 Å². The summed E-state index contributed by atoms with van der Waals surface area (Å²) in [5.41, 5.74) is 0.856. The number of nitrogens with zero attached hydrogens (tertiary/aromatic N) is 3. The van der Waals surface area contributed by atoms with Gasteiger partial charge in [-0.3, -0.25) is 9.69 Å². The van der Waals surface area contributed by atoms with Crippen molar-refractivity contribution in [1.29, 1.82) is 0 Å². The van der Waals surface area contributed by atoms with E-state index in [0.717, 1.165) is 27.4 Å². The highest BCUT2D eigenvalue weighted by atomic mass is 35.5. The Kier molecular flexibility index (Phi) is 9.36. The summed E-state index contributed by atoms with van der Waals surface area (Å²) in [6.07, 6.45) is 0.384. The van der Waals surface area contributed by atoms with Gasteiger partial charge in [-0.05, 0) is 56.6 Å². The van der Waals surface area contributed by atoms with Crippen LogP contribution >= 0.6 is 35.5 Å². The molecule has 1 heterocycles. The van der Waals surface area contributed by atoms with Crippen molar-refractivity contribution >= 4 is 56.8 Å². The summed E-state index contributed by atoms with van der Waals surface area (Å²) >= 11 is 3.04. The predicted molar refractivity (Wildman–Crippen MR) is 126 cm³/mol. The second-order valence-corrected chi connectivity index (χ2v) is 8.91. The molecule has 0 fully saturated rings. The molecule has 3 aromatic rings. The van der Waals surface area contributed by atoms with Gasteiger partial charge < -0.3 is 9.64 Å². The molecule has 0 aliphatic rings. The van der Waals surface area contributed by atoms with E-state index in [-0.39, 0.29) is 24.1 Å². The Bertz CT molecular complexity index is 967. The molecule has 0 atom stereocenters. The van der Waals surface area contributed by atoms with Crippen molar-refractivity contribution in [2.75, 3.05) is 44.9 Å². The third kappa shape index (κ3) is 6.57. The summed E-state index contributed by atoms with van der Waals surface area (Å²) in [6.45, 7) is 1.32. The summed E-state index contributed by atoms with van der Waals surface area (Å²) in [5.74, 6) is 1.18. The Morgan fingerprint density at radius 3 is 2.57 bits per heavy atom. The van der Waals surface area contributed by atoms with E-state index >= 15 is 0 Å². The Balaban J connectivity index is 0.00000320. The van der Waals surface area contributed by atoms with Crippen LogP contribution in [0.15, 0.2) is 47.4 Å². The fourth-order valence-electron chi connectivity index (χ4n) is 2.68. The molecule has 0 aliphatic carbocycles. The van der Waals surface area contributed by atoms with Crippen LogP contribution < -0.4 is 9.64 Å². The molecule has 0 N–H and O–H groups in total. The van der Waals surface area contributed by atoms with Crippen LogP contribution in [0.3, 0.4) is 0 Å². The number of amides is 1. The zero-order valence-corrected chi connectivity index (χ0v) is 19.6. The van der Waals surface area contributed by atoms with Gasteiger partial charge in [-0.15, -0.1) is 24.2 Å². The van der Waals surface area contributed by atoms with E-state index < -0.39 is 0 Å². The molecule has 162 valence electrons. The van der Waals surface area contributed by atoms with Gasteiger partial charge >= 0.3 is 0 Å². The van der Waals surface area contributed by atoms with Crippen LogP contribution in [0.25, 0.3) is 10.2 Å². The molecule has 3 rings (SSSR count). The van der Waals surface area contributed by atoms with Crippen molar-refractivity contribution in [3.8, 4) is 5.75 Å². The maximum Gasteiger partial charge on any atom is 0.229 e. The smallest absolute Gasteiger partial charge is 0.229 e. The second-order valence-electron chi connectivity index (χ2n) is 6.73. The molecule has 2 aromatic carbocycles. The third-order valence-electron chi connectivity index (χ3n) is 4.29. The fourth-order valence-corrected chi connectivity index (χ4v) is 4.56. The quantitative estimate of drug-likeness (QED) is 0.415. The van der Waals surface area contributed by atoms with Crippen molar-refractivity contribution < 1.29 is 13.9 Å². The average Bonchev–Trinajstić information content (AvgIpc) is 3.12. The predicted octanol–water partition coefficient (Wildman–Crippen LogP) is 4.94. The SMILES string of the molecule is COc1ccc2nc(N(CCN(C)C)C(=O)CCSc3ccc(F)cc3)sc2c1.Cl. The highest BCUT2D eigenvalue weighted by Gasteiger charge is 2.20. The maximum absolute atomic E-state index is 13.0. The van der Waals surface area contributed by atoms with Crippen molar-refractivity contribution in [2.24, 2.45) is 0 Å². The summed E-state index contributed by atoms with van der Waals surface area (Å²) in [5, 5.41) is 0.701. The number of hydrogen-bond donors (Lipinski definition) is 0. The minimum atomic E-state index is -0.257. The number of carbonyl (C=O) groups is 1. The molecular formula is C21H25ClFN3O2S2. The molecule has 0 saturated carbocycles. The van der Waals surface area contributed by atoms with Crippen LogP contribution in [0.2, 0.25) is 0 Å². The first-order chi connectivity index (χ1) is 14.0. The van der Waals surface area contributed by atoms with Crippen LogP contribution in [0.4, 0.5) is 9.52 Å². The van der Waals surface area contributed by atoms with Gasteiger partial charge in [-0.2, -0.15) is 0 Å². The number of thiazole rings is 1. The number of anilines is 1. The highest BCUT2D eigenvalue weighted by molar-refractivity contribution is 7.99. The van der Waals surface area contributed by atoms with E-state index in [1.807, 2.05) is 37.2 Å². The van der Waals surface area contributed by atoms with Crippen LogP contribution in [0.5, 0.6) is 5.75 Å². The molecule has 0 radical (unpaired) electrons. The number of hydrogen-bond acceptors (Lipinski definition) is 6. The molecule has 5 nitrogen and oxygen atoms in total. The van der Waals surface area contributed by atoms with Gasteiger partial charge in [0.25, 0.3) is 0 Å². The van der Waals surface area contributed by atoms with E-state index in [4.69, 9.17) is 4.74 Å². The lowest BCUT2D eigenvalue weighted by atomic mass is 10.3. The number of rotatable bonds is 9. The fraction of sp³-hybridized carbons (Fsp3) is 0.333. The molecule has 0 aliphatic heterocycles. The first-order valence-corrected chi connectivity index (χ1v) is 11.0. The third-order valence-corrected chi connectivity index (χ3v) is 6.34. The van der Waals surface area contributed by atoms with E-state index in [2.05, 4.69) is 4.98 Å². The summed E-state index contributed by atoms with van der Waals surface area (Å²) in [6, 6.07) is 12.1. The number of fused-ring (bicyclic) bond motifs is 1. The molecule has 30 heavy (non-hydrogen) atoms. The zero-order chi connectivity index (χ0) is 20.8. The van der Waals surface area contributed by atoms with Gasteiger partial charge in [0, 0.05) is 30.2 Å². The molecule has 0 saturated heterocycles. The van der Waals surface area contributed by atoms with Crippen LogP contribution in [0.1, 0.15) is 6.42 Å². The van der Waals surface area contributed by atoms with Crippen LogP contribution in [-0.4, -0.2) is 55.8 Å². The first kappa shape index (κ1) is 24.4. The second kappa shape index (κ2) is 11.5. The monoisotopic (exact) mass is 469 g/mol. The number of aromatic nitrogens is 1. The lowest BCUT2D eigenvalue weighted by Crippen LogP contribution is -2.36. The molecule has 0 spiro atoms. The lowest BCUT2D eigenvalue weighted by Gasteiger charge is -2.22. The number of benzene rings is 2. The maximum atomic E-state index is 13.0. The number of likely N-dealkylation sites (N-methyl/N-ethyl adjacent to an activating group) is 1. The molecule has 1 aromatic heterocycles.